The maximum absolute atomic E-state index is 11.4. The second kappa shape index (κ2) is 8.39. The first-order chi connectivity index (χ1) is 14.2. The molecular formula is C27H47NO2. The van der Waals surface area contributed by atoms with E-state index in [4.69, 9.17) is 0 Å². The van der Waals surface area contributed by atoms with Crippen molar-refractivity contribution in [1.29, 1.82) is 0 Å². The van der Waals surface area contributed by atoms with Gasteiger partial charge in [-0.1, -0.05) is 53.9 Å². The maximum atomic E-state index is 11.4. The Kier molecular flexibility index (Phi) is 6.32. The van der Waals surface area contributed by atoms with Crippen molar-refractivity contribution in [3.63, 3.8) is 0 Å². The highest BCUT2D eigenvalue weighted by Gasteiger charge is 2.61. The van der Waals surface area contributed by atoms with Crippen LogP contribution in [0.1, 0.15) is 112 Å². The molecule has 4 saturated carbocycles. The molecule has 4 rings (SSSR count). The van der Waals surface area contributed by atoms with Gasteiger partial charge >= 0.3 is 0 Å². The number of hydrogen-bond acceptors (Lipinski definition) is 2. The molecule has 172 valence electrons. The van der Waals surface area contributed by atoms with E-state index in [0.717, 1.165) is 54.8 Å². The van der Waals surface area contributed by atoms with Crippen molar-refractivity contribution in [2.75, 3.05) is 0 Å². The highest BCUT2D eigenvalue weighted by molar-refractivity contribution is 5.09. The van der Waals surface area contributed by atoms with Gasteiger partial charge in [-0.3, -0.25) is 10.1 Å². The summed E-state index contributed by atoms with van der Waals surface area (Å²) in [5.41, 5.74) is 0.928. The lowest BCUT2D eigenvalue weighted by Gasteiger charge is -2.60. The molecule has 0 N–H and O–H groups in total. The van der Waals surface area contributed by atoms with Crippen LogP contribution >= 0.6 is 0 Å². The van der Waals surface area contributed by atoms with Gasteiger partial charge in [0.2, 0.25) is 6.04 Å². The lowest BCUT2D eigenvalue weighted by Crippen LogP contribution is -2.54. The monoisotopic (exact) mass is 417 g/mol. The molecule has 4 fully saturated rings. The summed E-state index contributed by atoms with van der Waals surface area (Å²) in [6, 6.07) is -0.268. The van der Waals surface area contributed by atoms with E-state index >= 15 is 0 Å². The molecule has 0 radical (unpaired) electrons. The fourth-order valence-electron chi connectivity index (χ4n) is 9.45. The molecule has 0 heterocycles. The zero-order valence-corrected chi connectivity index (χ0v) is 20.4. The molecule has 4 aliphatic carbocycles. The van der Waals surface area contributed by atoms with Gasteiger partial charge in [0.05, 0.1) is 0 Å². The molecule has 0 aromatic rings. The number of hydrogen-bond donors (Lipinski definition) is 0. The summed E-state index contributed by atoms with van der Waals surface area (Å²) < 4.78 is 0. The van der Waals surface area contributed by atoms with Gasteiger partial charge in [0.15, 0.2) is 0 Å². The minimum atomic E-state index is -0.268. The fourth-order valence-corrected chi connectivity index (χ4v) is 9.45. The van der Waals surface area contributed by atoms with Crippen LogP contribution in [0.5, 0.6) is 0 Å². The van der Waals surface area contributed by atoms with Gasteiger partial charge in [-0.15, -0.1) is 0 Å². The van der Waals surface area contributed by atoms with Gasteiger partial charge in [0.25, 0.3) is 0 Å². The summed E-state index contributed by atoms with van der Waals surface area (Å²) in [7, 11) is 0. The van der Waals surface area contributed by atoms with E-state index in [1.54, 1.807) is 0 Å². The molecule has 0 saturated heterocycles. The lowest BCUT2D eigenvalue weighted by atomic mass is 9.44. The van der Waals surface area contributed by atoms with Gasteiger partial charge in [0, 0.05) is 17.8 Å². The third-order valence-electron chi connectivity index (χ3n) is 11.1. The molecular weight excluding hydrogens is 370 g/mol. The summed E-state index contributed by atoms with van der Waals surface area (Å²) in [5, 5.41) is 11.4. The molecule has 3 nitrogen and oxygen atoms in total. The molecule has 0 aliphatic heterocycles. The quantitative estimate of drug-likeness (QED) is 0.327. The topological polar surface area (TPSA) is 43.1 Å². The largest absolute Gasteiger partial charge is 0.264 e. The minimum Gasteiger partial charge on any atom is -0.264 e. The van der Waals surface area contributed by atoms with Gasteiger partial charge < -0.3 is 0 Å². The van der Waals surface area contributed by atoms with Crippen LogP contribution in [-0.4, -0.2) is 11.0 Å². The van der Waals surface area contributed by atoms with Crippen LogP contribution in [0.4, 0.5) is 0 Å². The molecule has 0 amide bonds. The first-order valence-corrected chi connectivity index (χ1v) is 13.3. The van der Waals surface area contributed by atoms with E-state index in [1.807, 2.05) is 0 Å². The molecule has 4 aliphatic rings. The second-order valence-corrected chi connectivity index (χ2v) is 12.9. The van der Waals surface area contributed by atoms with E-state index in [9.17, 15) is 10.1 Å². The summed E-state index contributed by atoms with van der Waals surface area (Å²) in [4.78, 5) is 11.4. The molecule has 0 spiro atoms. The van der Waals surface area contributed by atoms with Crippen LogP contribution in [-0.2, 0) is 0 Å². The molecule has 1 unspecified atom stereocenters. The SMILES string of the molecule is CC(C)CCC[C@@H](C)[C@H]1CC[C@H]2[C@@H]3CCC4C[C@@H]([N+](=O)[O-])CC[C@]4(C)[C@H]3CC[C@]12C. The summed E-state index contributed by atoms with van der Waals surface area (Å²) in [6.07, 6.45) is 15.3. The van der Waals surface area contributed by atoms with Gasteiger partial charge in [-0.05, 0) is 97.2 Å². The Bertz CT molecular complexity index is 632. The average Bonchev–Trinajstić information content (AvgIpc) is 3.04. The first kappa shape index (κ1) is 22.6. The number of fused-ring (bicyclic) bond motifs is 5. The van der Waals surface area contributed by atoms with Crippen LogP contribution < -0.4 is 0 Å². The number of nitro groups is 1. The zero-order chi connectivity index (χ0) is 21.7. The van der Waals surface area contributed by atoms with E-state index < -0.39 is 0 Å². The van der Waals surface area contributed by atoms with Gasteiger partial charge in [0.1, 0.15) is 0 Å². The fraction of sp³-hybridized carbons (Fsp3) is 1.00. The third-order valence-corrected chi connectivity index (χ3v) is 11.1. The van der Waals surface area contributed by atoms with Crippen LogP contribution in [0, 0.1) is 62.4 Å². The highest BCUT2D eigenvalue weighted by Crippen LogP contribution is 2.68. The minimum absolute atomic E-state index is 0.0197. The Hall–Kier alpha value is -0.600. The summed E-state index contributed by atoms with van der Waals surface area (Å²) in [5.74, 6) is 5.87. The van der Waals surface area contributed by atoms with Crippen molar-refractivity contribution in [2.24, 2.45) is 52.3 Å². The van der Waals surface area contributed by atoms with Gasteiger partial charge in [-0.25, -0.2) is 0 Å². The molecule has 30 heavy (non-hydrogen) atoms. The smallest absolute Gasteiger partial charge is 0.213 e. The predicted octanol–water partition coefficient (Wildman–Crippen LogP) is 7.75. The van der Waals surface area contributed by atoms with Crippen LogP contribution in [0.2, 0.25) is 0 Å². The first-order valence-electron chi connectivity index (χ1n) is 13.3. The Labute approximate surface area is 185 Å². The zero-order valence-electron chi connectivity index (χ0n) is 20.4. The van der Waals surface area contributed by atoms with Crippen molar-refractivity contribution in [3.8, 4) is 0 Å². The molecule has 3 heteroatoms. The summed E-state index contributed by atoms with van der Waals surface area (Å²) in [6.45, 7) is 12.5. The Morgan fingerprint density at radius 3 is 2.30 bits per heavy atom. The van der Waals surface area contributed by atoms with Gasteiger partial charge in [-0.2, -0.15) is 0 Å². The number of nitrogens with zero attached hydrogens (tertiary/aromatic N) is 1. The molecule has 0 aromatic heterocycles. The Morgan fingerprint density at radius 2 is 1.60 bits per heavy atom. The normalized spacial score (nSPS) is 46.7. The van der Waals surface area contributed by atoms with Crippen molar-refractivity contribution < 1.29 is 4.92 Å². The highest BCUT2D eigenvalue weighted by atomic mass is 16.6. The lowest BCUT2D eigenvalue weighted by molar-refractivity contribution is -0.531. The molecule has 0 bridgehead atoms. The van der Waals surface area contributed by atoms with Crippen molar-refractivity contribution >= 4 is 0 Å². The van der Waals surface area contributed by atoms with E-state index in [-0.39, 0.29) is 11.0 Å². The van der Waals surface area contributed by atoms with E-state index in [0.29, 0.717) is 16.7 Å². The van der Waals surface area contributed by atoms with Crippen LogP contribution in [0.15, 0.2) is 0 Å². The average molecular weight is 418 g/mol. The number of rotatable bonds is 6. The standard InChI is InChI=1S/C27H47NO2/c1-18(2)7-6-8-19(3)23-11-12-24-22-10-9-20-17-21(28(29)30)13-15-26(20,4)25(22)14-16-27(23,24)5/h18-25H,6-17H2,1-5H3/t19-,20?,21+,22+,23-,24+,25+,26+,27-/m1/s1. The third kappa shape index (κ3) is 3.75. The van der Waals surface area contributed by atoms with Crippen LogP contribution in [0.3, 0.4) is 0 Å². The Morgan fingerprint density at radius 1 is 0.900 bits per heavy atom. The van der Waals surface area contributed by atoms with Crippen molar-refractivity contribution in [3.05, 3.63) is 10.1 Å². The van der Waals surface area contributed by atoms with Crippen molar-refractivity contribution in [2.45, 2.75) is 118 Å². The van der Waals surface area contributed by atoms with Crippen LogP contribution in [0.25, 0.3) is 0 Å². The van der Waals surface area contributed by atoms with Crippen molar-refractivity contribution in [1.82, 2.24) is 0 Å². The van der Waals surface area contributed by atoms with E-state index in [1.165, 1.54) is 57.8 Å². The molecule has 9 atom stereocenters. The maximum Gasteiger partial charge on any atom is 0.213 e. The molecule has 0 aromatic carbocycles. The van der Waals surface area contributed by atoms with E-state index in [2.05, 4.69) is 34.6 Å². The second-order valence-electron chi connectivity index (χ2n) is 12.9. The summed E-state index contributed by atoms with van der Waals surface area (Å²) >= 11 is 0. The predicted molar refractivity (Wildman–Crippen MR) is 124 cm³/mol. The Balaban J connectivity index is 1.45.